The molecule has 0 aliphatic carbocycles. The van der Waals surface area contributed by atoms with Gasteiger partial charge in [-0.25, -0.2) is 0 Å². The van der Waals surface area contributed by atoms with Gasteiger partial charge >= 0.3 is 0 Å². The van der Waals surface area contributed by atoms with Crippen molar-refractivity contribution in [3.63, 3.8) is 0 Å². The average Bonchev–Trinajstić information content (AvgIpc) is 3.26. The van der Waals surface area contributed by atoms with Crippen LogP contribution in [0.3, 0.4) is 0 Å². The summed E-state index contributed by atoms with van der Waals surface area (Å²) >= 11 is 6.14. The number of hydrogen-bond donors (Lipinski definition) is 0. The molecule has 0 bridgehead atoms. The Morgan fingerprint density at radius 3 is 2.50 bits per heavy atom. The molecule has 0 fully saturated rings. The Morgan fingerprint density at radius 2 is 1.67 bits per heavy atom. The fourth-order valence-corrected chi connectivity index (χ4v) is 2.45. The van der Waals surface area contributed by atoms with E-state index in [0.29, 0.717) is 34.1 Å². The van der Waals surface area contributed by atoms with Crippen molar-refractivity contribution in [3.05, 3.63) is 71.4 Å². The third kappa shape index (κ3) is 2.91. The summed E-state index contributed by atoms with van der Waals surface area (Å²) in [6, 6.07) is 16.9. The lowest BCUT2D eigenvalue weighted by atomic mass is 10.2. The largest absolute Gasteiger partial charge is 0.420 e. The Morgan fingerprint density at radius 1 is 0.875 bits per heavy atom. The van der Waals surface area contributed by atoms with Crippen molar-refractivity contribution in [2.75, 3.05) is 0 Å². The molecular formula is C17H11ClN4O2. The van der Waals surface area contributed by atoms with Crippen LogP contribution in [0.1, 0.15) is 11.8 Å². The zero-order chi connectivity index (χ0) is 16.4. The number of halogens is 1. The van der Waals surface area contributed by atoms with Crippen molar-refractivity contribution < 1.29 is 8.94 Å². The molecule has 7 heteroatoms. The van der Waals surface area contributed by atoms with Crippen LogP contribution < -0.4 is 0 Å². The minimum atomic E-state index is 0.261. The van der Waals surface area contributed by atoms with E-state index in [1.807, 2.05) is 48.5 Å². The fraction of sp³-hybridized carbons (Fsp3) is 0.0588. The minimum absolute atomic E-state index is 0.261. The Balaban J connectivity index is 1.55. The Hall–Kier alpha value is -2.99. The van der Waals surface area contributed by atoms with Gasteiger partial charge in [0.1, 0.15) is 6.42 Å². The van der Waals surface area contributed by atoms with Crippen LogP contribution >= 0.6 is 11.6 Å². The highest BCUT2D eigenvalue weighted by Gasteiger charge is 2.15. The Bertz CT molecular complexity index is 965. The van der Waals surface area contributed by atoms with Crippen molar-refractivity contribution in [2.24, 2.45) is 0 Å². The molecule has 118 valence electrons. The van der Waals surface area contributed by atoms with Crippen LogP contribution in [0.5, 0.6) is 0 Å². The van der Waals surface area contributed by atoms with Gasteiger partial charge in [0.05, 0.1) is 5.02 Å². The zero-order valence-corrected chi connectivity index (χ0v) is 13.1. The van der Waals surface area contributed by atoms with E-state index in [4.69, 9.17) is 20.5 Å². The van der Waals surface area contributed by atoms with Gasteiger partial charge in [0, 0.05) is 11.1 Å². The van der Waals surface area contributed by atoms with E-state index >= 15 is 0 Å². The monoisotopic (exact) mass is 338 g/mol. The molecule has 4 rings (SSSR count). The van der Waals surface area contributed by atoms with E-state index in [-0.39, 0.29) is 6.42 Å². The first kappa shape index (κ1) is 14.6. The van der Waals surface area contributed by atoms with Gasteiger partial charge in [0.25, 0.3) is 0 Å². The summed E-state index contributed by atoms with van der Waals surface area (Å²) in [4.78, 5) is 4.33. The molecule has 0 aliphatic rings. The number of benzene rings is 2. The third-order valence-corrected chi connectivity index (χ3v) is 3.70. The molecule has 0 N–H and O–H groups in total. The minimum Gasteiger partial charge on any atom is -0.420 e. The maximum absolute atomic E-state index is 6.14. The van der Waals surface area contributed by atoms with Crippen LogP contribution in [0.25, 0.3) is 22.8 Å². The van der Waals surface area contributed by atoms with E-state index in [1.165, 1.54) is 0 Å². The van der Waals surface area contributed by atoms with Gasteiger partial charge in [-0.1, -0.05) is 47.1 Å². The molecule has 2 heterocycles. The van der Waals surface area contributed by atoms with Crippen molar-refractivity contribution in [3.8, 4) is 22.8 Å². The molecular weight excluding hydrogens is 328 g/mol. The van der Waals surface area contributed by atoms with Gasteiger partial charge in [-0.05, 0) is 24.3 Å². The second-order valence-corrected chi connectivity index (χ2v) is 5.44. The van der Waals surface area contributed by atoms with Crippen molar-refractivity contribution in [1.29, 1.82) is 0 Å². The number of rotatable bonds is 4. The van der Waals surface area contributed by atoms with Crippen molar-refractivity contribution >= 4 is 11.6 Å². The van der Waals surface area contributed by atoms with Gasteiger partial charge < -0.3 is 8.94 Å². The quantitative estimate of drug-likeness (QED) is 0.559. The Labute approximate surface area is 142 Å². The summed E-state index contributed by atoms with van der Waals surface area (Å²) in [5.74, 6) is 1.67. The summed E-state index contributed by atoms with van der Waals surface area (Å²) in [5.41, 5.74) is 1.57. The predicted octanol–water partition coefficient (Wildman–Crippen LogP) is 4.03. The zero-order valence-electron chi connectivity index (χ0n) is 12.4. The highest BCUT2D eigenvalue weighted by Crippen LogP contribution is 2.25. The molecule has 2 aromatic heterocycles. The second-order valence-electron chi connectivity index (χ2n) is 5.04. The first-order valence-corrected chi connectivity index (χ1v) is 7.63. The van der Waals surface area contributed by atoms with Gasteiger partial charge in [0.2, 0.25) is 23.5 Å². The van der Waals surface area contributed by atoms with Gasteiger partial charge in [-0.15, -0.1) is 10.2 Å². The van der Waals surface area contributed by atoms with E-state index < -0.39 is 0 Å². The molecule has 4 aromatic rings. The van der Waals surface area contributed by atoms with Gasteiger partial charge in [0.15, 0.2) is 0 Å². The summed E-state index contributed by atoms with van der Waals surface area (Å²) in [6.45, 7) is 0. The molecule has 0 amide bonds. The summed E-state index contributed by atoms with van der Waals surface area (Å²) < 4.78 is 10.9. The molecule has 24 heavy (non-hydrogen) atoms. The van der Waals surface area contributed by atoms with Crippen LogP contribution in [-0.2, 0) is 6.42 Å². The third-order valence-electron chi connectivity index (χ3n) is 3.37. The van der Waals surface area contributed by atoms with Gasteiger partial charge in [-0.2, -0.15) is 4.98 Å². The molecule has 0 spiro atoms. The number of hydrogen-bond acceptors (Lipinski definition) is 6. The number of aromatic nitrogens is 4. The molecule has 0 atom stereocenters. The normalized spacial score (nSPS) is 10.9. The molecule has 0 radical (unpaired) electrons. The second kappa shape index (κ2) is 6.25. The lowest BCUT2D eigenvalue weighted by Crippen LogP contribution is -1.89. The van der Waals surface area contributed by atoms with Crippen LogP contribution in [0, 0.1) is 0 Å². The molecule has 0 unspecified atom stereocenters. The van der Waals surface area contributed by atoms with E-state index in [2.05, 4.69) is 20.3 Å². The lowest BCUT2D eigenvalue weighted by Gasteiger charge is -1.95. The molecule has 0 saturated carbocycles. The first-order valence-electron chi connectivity index (χ1n) is 7.25. The molecule has 2 aromatic carbocycles. The predicted molar refractivity (Wildman–Crippen MR) is 87.3 cm³/mol. The summed E-state index contributed by atoms with van der Waals surface area (Å²) in [5, 5.41) is 12.6. The maximum Gasteiger partial charge on any atom is 0.247 e. The average molecular weight is 339 g/mol. The maximum atomic E-state index is 6.14. The SMILES string of the molecule is Clc1ccccc1-c1noc(Cc2nnc(-c3ccccc3)o2)n1. The van der Waals surface area contributed by atoms with E-state index in [1.54, 1.807) is 6.07 Å². The Kier molecular flexibility index (Phi) is 3.80. The van der Waals surface area contributed by atoms with E-state index in [0.717, 1.165) is 5.56 Å². The smallest absolute Gasteiger partial charge is 0.247 e. The van der Waals surface area contributed by atoms with Gasteiger partial charge in [-0.3, -0.25) is 0 Å². The van der Waals surface area contributed by atoms with E-state index in [9.17, 15) is 0 Å². The topological polar surface area (TPSA) is 77.8 Å². The van der Waals surface area contributed by atoms with Crippen molar-refractivity contribution in [1.82, 2.24) is 20.3 Å². The first-order chi connectivity index (χ1) is 11.8. The van der Waals surface area contributed by atoms with Crippen molar-refractivity contribution in [2.45, 2.75) is 6.42 Å². The summed E-state index contributed by atoms with van der Waals surface area (Å²) in [6.07, 6.45) is 0.261. The highest BCUT2D eigenvalue weighted by molar-refractivity contribution is 6.33. The van der Waals surface area contributed by atoms with Crippen LogP contribution in [0.15, 0.2) is 63.5 Å². The standard InChI is InChI=1S/C17H11ClN4O2/c18-13-9-5-4-8-12(13)16-19-14(24-22-16)10-15-20-21-17(23-15)11-6-2-1-3-7-11/h1-9H,10H2. The van der Waals surface area contributed by atoms with Crippen LogP contribution in [0.2, 0.25) is 5.02 Å². The van der Waals surface area contributed by atoms with Crippen LogP contribution in [-0.4, -0.2) is 20.3 Å². The number of nitrogens with zero attached hydrogens (tertiary/aromatic N) is 4. The fourth-order valence-electron chi connectivity index (χ4n) is 2.23. The van der Waals surface area contributed by atoms with Crippen LogP contribution in [0.4, 0.5) is 0 Å². The highest BCUT2D eigenvalue weighted by atomic mass is 35.5. The molecule has 0 aliphatic heterocycles. The summed E-state index contributed by atoms with van der Waals surface area (Å²) in [7, 11) is 0. The molecule has 0 saturated heterocycles. The molecule has 6 nitrogen and oxygen atoms in total. The lowest BCUT2D eigenvalue weighted by molar-refractivity contribution is 0.374.